The van der Waals surface area contributed by atoms with Crippen LogP contribution < -0.4 is 16.2 Å². The zero-order valence-electron chi connectivity index (χ0n) is 21.5. The molecule has 0 fully saturated rings. The number of hydrazine groups is 1. The molecule has 1 heterocycles. The molecule has 2 aromatic carbocycles. The Morgan fingerprint density at radius 2 is 1.86 bits per heavy atom. The lowest BCUT2D eigenvalue weighted by Gasteiger charge is -2.19. The SMILES string of the molecule is C/C(=C\N(N)c1cc(C(=O)Nc2cc(CN(C)C)c(F)c(C(F)(F)F)c2)ccc1C)c1cnn(C)c1C. The highest BCUT2D eigenvalue weighted by atomic mass is 19.4. The molecular weight excluding hydrogens is 488 g/mol. The van der Waals surface area contributed by atoms with Gasteiger partial charge in [-0.2, -0.15) is 18.3 Å². The van der Waals surface area contributed by atoms with Crippen LogP contribution in [0.3, 0.4) is 0 Å². The van der Waals surface area contributed by atoms with Crippen molar-refractivity contribution in [1.82, 2.24) is 14.7 Å². The van der Waals surface area contributed by atoms with E-state index in [9.17, 15) is 22.4 Å². The molecule has 1 amide bonds. The van der Waals surface area contributed by atoms with Gasteiger partial charge in [0.05, 0.1) is 17.4 Å². The van der Waals surface area contributed by atoms with Crippen LogP contribution in [0.2, 0.25) is 0 Å². The highest BCUT2D eigenvalue weighted by Crippen LogP contribution is 2.35. The second kappa shape index (κ2) is 10.7. The first-order valence-electron chi connectivity index (χ1n) is 11.4. The normalized spacial score (nSPS) is 12.3. The summed E-state index contributed by atoms with van der Waals surface area (Å²) in [6, 6.07) is 6.57. The molecule has 0 radical (unpaired) electrons. The number of hydrogen-bond acceptors (Lipinski definition) is 5. The zero-order valence-corrected chi connectivity index (χ0v) is 21.5. The number of rotatable bonds is 7. The van der Waals surface area contributed by atoms with Crippen LogP contribution in [0.5, 0.6) is 0 Å². The molecule has 0 aliphatic carbocycles. The van der Waals surface area contributed by atoms with E-state index in [4.69, 9.17) is 5.84 Å². The summed E-state index contributed by atoms with van der Waals surface area (Å²) in [4.78, 5) is 14.5. The zero-order chi connectivity index (χ0) is 27.7. The number of allylic oxidation sites excluding steroid dienone is 1. The number of nitrogens with zero attached hydrogens (tertiary/aromatic N) is 4. The van der Waals surface area contributed by atoms with Crippen LogP contribution >= 0.6 is 0 Å². The van der Waals surface area contributed by atoms with Crippen molar-refractivity contribution >= 4 is 22.9 Å². The number of hydrogen-bond donors (Lipinski definition) is 2. The number of benzene rings is 2. The van der Waals surface area contributed by atoms with Gasteiger partial charge in [-0.05, 0) is 70.3 Å². The van der Waals surface area contributed by atoms with Crippen LogP contribution in [0.4, 0.5) is 28.9 Å². The first kappa shape index (κ1) is 27.9. The third kappa shape index (κ3) is 6.36. The molecule has 0 aliphatic heterocycles. The van der Waals surface area contributed by atoms with Gasteiger partial charge in [-0.1, -0.05) is 6.07 Å². The van der Waals surface area contributed by atoms with Gasteiger partial charge in [-0.15, -0.1) is 0 Å². The topological polar surface area (TPSA) is 79.4 Å². The summed E-state index contributed by atoms with van der Waals surface area (Å²) < 4.78 is 56.6. The van der Waals surface area contributed by atoms with Crippen LogP contribution in [-0.2, 0) is 19.8 Å². The molecular formula is C26H30F4N6O. The van der Waals surface area contributed by atoms with Crippen molar-refractivity contribution in [2.75, 3.05) is 24.4 Å². The van der Waals surface area contributed by atoms with Crippen molar-refractivity contribution in [3.8, 4) is 0 Å². The van der Waals surface area contributed by atoms with Gasteiger partial charge in [0.2, 0.25) is 0 Å². The summed E-state index contributed by atoms with van der Waals surface area (Å²) in [6.45, 7) is 5.56. The predicted molar refractivity (Wildman–Crippen MR) is 136 cm³/mol. The monoisotopic (exact) mass is 518 g/mol. The van der Waals surface area contributed by atoms with Gasteiger partial charge in [0.1, 0.15) is 5.82 Å². The van der Waals surface area contributed by atoms with Gasteiger partial charge < -0.3 is 10.2 Å². The fourth-order valence-corrected chi connectivity index (χ4v) is 3.88. The maximum absolute atomic E-state index is 14.5. The lowest BCUT2D eigenvalue weighted by atomic mass is 10.1. The van der Waals surface area contributed by atoms with E-state index in [1.165, 1.54) is 16.0 Å². The number of nitrogens with two attached hydrogens (primary N) is 1. The van der Waals surface area contributed by atoms with Gasteiger partial charge in [0.15, 0.2) is 0 Å². The number of aryl methyl sites for hydroxylation is 2. The van der Waals surface area contributed by atoms with Crippen molar-refractivity contribution in [3.63, 3.8) is 0 Å². The standard InChI is InChI=1S/C26H30F4N6O/c1-15-7-8-18(10-23(15)36(31)13-16(2)21-12-32-35(6)17(21)3)25(37)33-20-9-19(14-34(4)5)24(27)22(11-20)26(28,29)30/h7-13H,14,31H2,1-6H3,(H,33,37)/b16-13+. The Morgan fingerprint density at radius 1 is 1.19 bits per heavy atom. The van der Waals surface area contributed by atoms with E-state index in [2.05, 4.69) is 10.4 Å². The molecule has 3 rings (SSSR count). The summed E-state index contributed by atoms with van der Waals surface area (Å²) in [5.41, 5.74) is 2.41. The smallest absolute Gasteiger partial charge is 0.322 e. The Labute approximate surface area is 213 Å². The summed E-state index contributed by atoms with van der Waals surface area (Å²) >= 11 is 0. The van der Waals surface area contributed by atoms with Crippen molar-refractivity contribution in [2.24, 2.45) is 12.9 Å². The number of halogens is 4. The number of carbonyl (C=O) groups is 1. The van der Waals surface area contributed by atoms with E-state index in [1.54, 1.807) is 49.4 Å². The van der Waals surface area contributed by atoms with Gasteiger partial charge in [-0.3, -0.25) is 14.5 Å². The van der Waals surface area contributed by atoms with Crippen LogP contribution in [0.15, 0.2) is 42.7 Å². The lowest BCUT2D eigenvalue weighted by Crippen LogP contribution is -2.26. The average molecular weight is 519 g/mol. The molecule has 3 aromatic rings. The molecule has 0 saturated heterocycles. The summed E-state index contributed by atoms with van der Waals surface area (Å²) in [5, 5.41) is 8.07. The van der Waals surface area contributed by atoms with Crippen LogP contribution in [-0.4, -0.2) is 34.7 Å². The molecule has 0 spiro atoms. The fourth-order valence-electron chi connectivity index (χ4n) is 3.88. The molecule has 7 nitrogen and oxygen atoms in total. The van der Waals surface area contributed by atoms with E-state index >= 15 is 0 Å². The van der Waals surface area contributed by atoms with E-state index in [1.807, 2.05) is 27.8 Å². The predicted octanol–water partition coefficient (Wildman–Crippen LogP) is 5.25. The quantitative estimate of drug-likeness (QED) is 0.254. The maximum atomic E-state index is 14.5. The van der Waals surface area contributed by atoms with Gasteiger partial charge in [0.25, 0.3) is 5.91 Å². The van der Waals surface area contributed by atoms with Crippen molar-refractivity contribution in [3.05, 3.63) is 82.1 Å². The van der Waals surface area contributed by atoms with E-state index in [0.717, 1.165) is 22.4 Å². The molecule has 0 saturated carbocycles. The Morgan fingerprint density at radius 3 is 2.43 bits per heavy atom. The fraction of sp³-hybridized carbons (Fsp3) is 0.308. The minimum Gasteiger partial charge on any atom is -0.322 e. The first-order valence-corrected chi connectivity index (χ1v) is 11.4. The Kier molecular flexibility index (Phi) is 8.09. The number of carbonyl (C=O) groups excluding carboxylic acids is 1. The highest BCUT2D eigenvalue weighted by molar-refractivity contribution is 6.05. The van der Waals surface area contributed by atoms with Crippen molar-refractivity contribution in [1.29, 1.82) is 0 Å². The van der Waals surface area contributed by atoms with Gasteiger partial charge in [-0.25, -0.2) is 10.2 Å². The molecule has 1 aromatic heterocycles. The third-order valence-corrected chi connectivity index (χ3v) is 5.94. The van der Waals surface area contributed by atoms with Gasteiger partial charge in [0, 0.05) is 47.9 Å². The highest BCUT2D eigenvalue weighted by Gasteiger charge is 2.36. The second-order valence-electron chi connectivity index (χ2n) is 9.17. The van der Waals surface area contributed by atoms with Gasteiger partial charge >= 0.3 is 6.18 Å². The molecule has 0 aliphatic rings. The van der Waals surface area contributed by atoms with Crippen molar-refractivity contribution < 1.29 is 22.4 Å². The lowest BCUT2D eigenvalue weighted by molar-refractivity contribution is -0.140. The molecule has 3 N–H and O–H groups in total. The minimum absolute atomic E-state index is 0.0719. The van der Waals surface area contributed by atoms with E-state index in [-0.39, 0.29) is 23.4 Å². The second-order valence-corrected chi connectivity index (χ2v) is 9.17. The molecule has 198 valence electrons. The Hall–Kier alpha value is -3.70. The molecule has 0 unspecified atom stereocenters. The van der Waals surface area contributed by atoms with E-state index < -0.39 is 23.5 Å². The Balaban J connectivity index is 1.92. The third-order valence-electron chi connectivity index (χ3n) is 5.94. The van der Waals surface area contributed by atoms with Crippen LogP contribution in [0, 0.1) is 19.7 Å². The Bertz CT molecular complexity index is 1340. The summed E-state index contributed by atoms with van der Waals surface area (Å²) in [7, 11) is 5.05. The summed E-state index contributed by atoms with van der Waals surface area (Å²) in [6.07, 6.45) is -1.48. The first-order chi connectivity index (χ1) is 17.2. The van der Waals surface area contributed by atoms with Crippen LogP contribution in [0.1, 0.15) is 45.2 Å². The minimum atomic E-state index is -4.92. The number of aromatic nitrogens is 2. The number of nitrogens with one attached hydrogen (secondary N) is 1. The number of alkyl halides is 3. The van der Waals surface area contributed by atoms with E-state index in [0.29, 0.717) is 11.8 Å². The summed E-state index contributed by atoms with van der Waals surface area (Å²) in [5.74, 6) is 4.27. The number of amides is 1. The van der Waals surface area contributed by atoms with Crippen molar-refractivity contribution in [2.45, 2.75) is 33.5 Å². The molecule has 11 heteroatoms. The number of anilines is 2. The molecule has 0 bridgehead atoms. The molecule has 37 heavy (non-hydrogen) atoms. The van der Waals surface area contributed by atoms with Crippen LogP contribution in [0.25, 0.3) is 5.57 Å². The maximum Gasteiger partial charge on any atom is 0.419 e. The largest absolute Gasteiger partial charge is 0.419 e. The average Bonchev–Trinajstić information content (AvgIpc) is 3.13. The molecule has 0 atom stereocenters.